The van der Waals surface area contributed by atoms with Crippen molar-refractivity contribution in [3.05, 3.63) is 35.2 Å². The van der Waals surface area contributed by atoms with E-state index in [4.69, 9.17) is 4.74 Å². The second-order valence-corrected chi connectivity index (χ2v) is 6.34. The fourth-order valence-electron chi connectivity index (χ4n) is 3.14. The summed E-state index contributed by atoms with van der Waals surface area (Å²) in [5.74, 6) is 0.404. The van der Waals surface area contributed by atoms with Crippen molar-refractivity contribution in [2.24, 2.45) is 0 Å². The molecular weight excluding hydrogens is 354 g/mol. The number of nitrogens with one attached hydrogen (secondary N) is 2. The number of hydrogen-bond donors (Lipinski definition) is 2. The first-order chi connectivity index (χ1) is 12.1. The zero-order valence-corrected chi connectivity index (χ0v) is 16.2. The van der Waals surface area contributed by atoms with E-state index in [9.17, 15) is 4.79 Å². The third-order valence-electron chi connectivity index (χ3n) is 4.48. The van der Waals surface area contributed by atoms with E-state index in [-0.39, 0.29) is 18.3 Å². The van der Waals surface area contributed by atoms with Crippen molar-refractivity contribution >= 4 is 24.0 Å². The fraction of sp³-hybridized carbons (Fsp3) is 0.500. The first-order valence-corrected chi connectivity index (χ1v) is 8.77. The Bertz CT molecular complexity index is 756. The molecule has 1 amide bonds. The molecule has 0 spiro atoms. The molecule has 8 heteroatoms. The summed E-state index contributed by atoms with van der Waals surface area (Å²) in [5.41, 5.74) is 2.89. The summed E-state index contributed by atoms with van der Waals surface area (Å²) in [5, 5.41) is 14.6. The number of halogens is 1. The Kier molecular flexibility index (Phi) is 6.99. The molecule has 142 valence electrons. The van der Waals surface area contributed by atoms with Crippen LogP contribution in [0.25, 0.3) is 0 Å². The number of benzene rings is 1. The Morgan fingerprint density at radius 2 is 2.08 bits per heavy atom. The largest absolute Gasteiger partial charge is 0.492 e. The topological polar surface area (TPSA) is 81.1 Å². The number of ether oxygens (including phenoxy) is 1. The van der Waals surface area contributed by atoms with Crippen LogP contribution in [0.3, 0.4) is 0 Å². The van der Waals surface area contributed by atoms with Gasteiger partial charge in [-0.15, -0.1) is 17.5 Å². The number of hydrogen-bond acceptors (Lipinski definition) is 5. The first-order valence-electron chi connectivity index (χ1n) is 8.77. The maximum absolute atomic E-state index is 12.7. The summed E-state index contributed by atoms with van der Waals surface area (Å²) >= 11 is 0. The number of aryl methyl sites for hydroxylation is 1. The SMILES string of the molecule is CCOc1cc(C)ccc1NC(=O)c1nnn(C2CCNCC2)c1C.Cl. The van der Waals surface area contributed by atoms with Crippen LogP contribution >= 0.6 is 12.4 Å². The highest BCUT2D eigenvalue weighted by Gasteiger charge is 2.23. The van der Waals surface area contributed by atoms with Crippen molar-refractivity contribution < 1.29 is 9.53 Å². The van der Waals surface area contributed by atoms with E-state index in [1.54, 1.807) is 0 Å². The lowest BCUT2D eigenvalue weighted by Crippen LogP contribution is -2.30. The highest BCUT2D eigenvalue weighted by atomic mass is 35.5. The molecular formula is C18H26ClN5O2. The van der Waals surface area contributed by atoms with Crippen LogP contribution in [0.5, 0.6) is 5.75 Å². The second kappa shape index (κ2) is 9.00. The van der Waals surface area contributed by atoms with Crippen LogP contribution < -0.4 is 15.4 Å². The molecule has 0 saturated carbocycles. The number of nitrogens with zero attached hydrogens (tertiary/aromatic N) is 3. The van der Waals surface area contributed by atoms with Crippen molar-refractivity contribution in [1.82, 2.24) is 20.3 Å². The zero-order valence-electron chi connectivity index (χ0n) is 15.4. The van der Waals surface area contributed by atoms with Gasteiger partial charge in [-0.25, -0.2) is 4.68 Å². The molecule has 3 rings (SSSR count). The maximum atomic E-state index is 12.7. The normalized spacial score (nSPS) is 14.6. The van der Waals surface area contributed by atoms with Crippen LogP contribution in [0, 0.1) is 13.8 Å². The number of rotatable bonds is 5. The zero-order chi connectivity index (χ0) is 17.8. The van der Waals surface area contributed by atoms with Crippen molar-refractivity contribution in [3.63, 3.8) is 0 Å². The Morgan fingerprint density at radius 1 is 1.35 bits per heavy atom. The number of carbonyl (C=O) groups is 1. The van der Waals surface area contributed by atoms with Crippen LogP contribution in [0.4, 0.5) is 5.69 Å². The molecule has 0 aliphatic carbocycles. The van der Waals surface area contributed by atoms with Gasteiger partial charge in [0.25, 0.3) is 5.91 Å². The molecule has 2 N–H and O–H groups in total. The number of anilines is 1. The number of piperidine rings is 1. The molecule has 1 aromatic carbocycles. The van der Waals surface area contributed by atoms with Crippen LogP contribution in [-0.2, 0) is 0 Å². The standard InChI is InChI=1S/C18H25N5O2.ClH/c1-4-25-16-11-12(2)5-6-15(16)20-18(24)17-13(3)23(22-21-17)14-7-9-19-10-8-14;/h5-6,11,14,19H,4,7-10H2,1-3H3,(H,20,24);1H. The van der Waals surface area contributed by atoms with Crippen LogP contribution in [-0.4, -0.2) is 40.6 Å². The second-order valence-electron chi connectivity index (χ2n) is 6.34. The van der Waals surface area contributed by atoms with E-state index >= 15 is 0 Å². The Hall–Kier alpha value is -2.12. The van der Waals surface area contributed by atoms with Crippen LogP contribution in [0.1, 0.15) is 47.6 Å². The van der Waals surface area contributed by atoms with E-state index in [1.807, 2.05) is 43.7 Å². The molecule has 2 aromatic rings. The predicted molar refractivity (Wildman–Crippen MR) is 103 cm³/mol. The van der Waals surface area contributed by atoms with Crippen molar-refractivity contribution in [2.75, 3.05) is 25.0 Å². The van der Waals surface area contributed by atoms with Crippen molar-refractivity contribution in [2.45, 2.75) is 39.7 Å². The maximum Gasteiger partial charge on any atom is 0.278 e. The third kappa shape index (κ3) is 4.34. The molecule has 0 bridgehead atoms. The molecule has 1 aliphatic heterocycles. The summed E-state index contributed by atoms with van der Waals surface area (Å²) in [7, 11) is 0. The van der Waals surface area contributed by atoms with Gasteiger partial charge in [0.15, 0.2) is 5.69 Å². The van der Waals surface area contributed by atoms with Crippen LogP contribution in [0.2, 0.25) is 0 Å². The quantitative estimate of drug-likeness (QED) is 0.834. The third-order valence-corrected chi connectivity index (χ3v) is 4.48. The van der Waals surface area contributed by atoms with Gasteiger partial charge < -0.3 is 15.4 Å². The predicted octanol–water partition coefficient (Wildman–Crippen LogP) is 2.89. The first kappa shape index (κ1) is 20.2. The van der Waals surface area contributed by atoms with Crippen molar-refractivity contribution in [1.29, 1.82) is 0 Å². The molecule has 0 radical (unpaired) electrons. The van der Waals surface area contributed by atoms with Gasteiger partial charge in [0.1, 0.15) is 5.75 Å². The summed E-state index contributed by atoms with van der Waals surface area (Å²) in [4.78, 5) is 12.7. The molecule has 1 fully saturated rings. The summed E-state index contributed by atoms with van der Waals surface area (Å²) in [6.45, 7) is 8.28. The van der Waals surface area contributed by atoms with Gasteiger partial charge in [0.2, 0.25) is 0 Å². The monoisotopic (exact) mass is 379 g/mol. The van der Waals surface area contributed by atoms with Gasteiger partial charge in [-0.1, -0.05) is 11.3 Å². The van der Waals surface area contributed by atoms with E-state index in [1.165, 1.54) is 0 Å². The lowest BCUT2D eigenvalue weighted by Gasteiger charge is -2.23. The van der Waals surface area contributed by atoms with Gasteiger partial charge in [-0.2, -0.15) is 0 Å². The summed E-state index contributed by atoms with van der Waals surface area (Å²) in [6, 6.07) is 6.01. The van der Waals surface area contributed by atoms with Gasteiger partial charge in [-0.05, 0) is 64.4 Å². The van der Waals surface area contributed by atoms with E-state index < -0.39 is 0 Å². The van der Waals surface area contributed by atoms with Gasteiger partial charge >= 0.3 is 0 Å². The average molecular weight is 380 g/mol. The highest BCUT2D eigenvalue weighted by Crippen LogP contribution is 2.27. The Morgan fingerprint density at radius 3 is 2.77 bits per heavy atom. The summed E-state index contributed by atoms with van der Waals surface area (Å²) < 4.78 is 7.51. The van der Waals surface area contributed by atoms with E-state index in [2.05, 4.69) is 20.9 Å². The lowest BCUT2D eigenvalue weighted by molar-refractivity contribution is 0.102. The molecule has 7 nitrogen and oxygen atoms in total. The molecule has 1 aliphatic rings. The molecule has 0 unspecified atom stereocenters. The highest BCUT2D eigenvalue weighted by molar-refractivity contribution is 6.04. The van der Waals surface area contributed by atoms with Crippen LogP contribution in [0.15, 0.2) is 18.2 Å². The molecule has 26 heavy (non-hydrogen) atoms. The Labute approximate surface area is 159 Å². The molecule has 0 atom stereocenters. The number of amides is 1. The summed E-state index contributed by atoms with van der Waals surface area (Å²) in [6.07, 6.45) is 2.00. The molecule has 1 aromatic heterocycles. The van der Waals surface area contributed by atoms with E-state index in [0.29, 0.717) is 29.8 Å². The molecule has 2 heterocycles. The average Bonchev–Trinajstić information content (AvgIpc) is 3.00. The smallest absolute Gasteiger partial charge is 0.278 e. The van der Waals surface area contributed by atoms with Gasteiger partial charge in [0, 0.05) is 0 Å². The Balaban J connectivity index is 0.00000243. The fourth-order valence-corrected chi connectivity index (χ4v) is 3.14. The van der Waals surface area contributed by atoms with Gasteiger partial charge in [-0.3, -0.25) is 4.79 Å². The minimum Gasteiger partial charge on any atom is -0.492 e. The minimum atomic E-state index is -0.262. The van der Waals surface area contributed by atoms with Crippen molar-refractivity contribution in [3.8, 4) is 5.75 Å². The molecule has 1 saturated heterocycles. The van der Waals surface area contributed by atoms with E-state index in [0.717, 1.165) is 37.2 Å². The number of aromatic nitrogens is 3. The minimum absolute atomic E-state index is 0. The number of carbonyl (C=O) groups excluding carboxylic acids is 1. The lowest BCUT2D eigenvalue weighted by atomic mass is 10.1. The van der Waals surface area contributed by atoms with Gasteiger partial charge in [0.05, 0.1) is 24.0 Å².